The van der Waals surface area contributed by atoms with E-state index in [0.29, 0.717) is 17.1 Å². The zero-order valence-electron chi connectivity index (χ0n) is 9.17. The van der Waals surface area contributed by atoms with E-state index in [-0.39, 0.29) is 17.9 Å². The second kappa shape index (κ2) is 5.12. The van der Waals surface area contributed by atoms with Gasteiger partial charge in [0.2, 0.25) is 0 Å². The number of carbonyl (C=O) groups is 1. The lowest BCUT2D eigenvalue weighted by Gasteiger charge is -2.12. The van der Waals surface area contributed by atoms with Gasteiger partial charge in [-0.1, -0.05) is 11.6 Å². The van der Waals surface area contributed by atoms with Gasteiger partial charge in [-0.15, -0.1) is 0 Å². The summed E-state index contributed by atoms with van der Waals surface area (Å²) in [5, 5.41) is 12.6. The van der Waals surface area contributed by atoms with Crippen LogP contribution in [0.4, 0.5) is 0 Å². The highest BCUT2D eigenvalue weighted by atomic mass is 127. The molecular formula is C12H13ClINO2. The van der Waals surface area contributed by atoms with Crippen molar-refractivity contribution in [1.29, 1.82) is 0 Å². The van der Waals surface area contributed by atoms with E-state index in [1.807, 2.05) is 6.07 Å². The average Bonchev–Trinajstić information content (AvgIpc) is 3.10. The number of nitrogens with one attached hydrogen (secondary N) is 1. The third-order valence-corrected chi connectivity index (χ3v) is 4.67. The molecule has 1 aliphatic carbocycles. The van der Waals surface area contributed by atoms with Crippen LogP contribution in [0.25, 0.3) is 0 Å². The van der Waals surface area contributed by atoms with Gasteiger partial charge in [-0.2, -0.15) is 0 Å². The van der Waals surface area contributed by atoms with Gasteiger partial charge in [-0.25, -0.2) is 0 Å². The lowest BCUT2D eigenvalue weighted by molar-refractivity contribution is 0.0935. The molecule has 1 aromatic carbocycles. The summed E-state index contributed by atoms with van der Waals surface area (Å²) >= 11 is 8.08. The molecule has 1 aromatic rings. The smallest absolute Gasteiger partial charge is 0.251 e. The highest BCUT2D eigenvalue weighted by Crippen LogP contribution is 2.44. The minimum absolute atomic E-state index is 0.0668. The number of aliphatic hydroxyl groups excluding tert-OH is 1. The Balaban J connectivity index is 1.97. The standard InChI is InChI=1S/C12H13ClINO2/c13-9-5-8(1-2-10(9)14)11(17)15-6-12(7-16)3-4-12/h1-2,5,16H,3-4,6-7H2,(H,15,17). The first kappa shape index (κ1) is 13.1. The lowest BCUT2D eigenvalue weighted by Crippen LogP contribution is -2.31. The molecule has 5 heteroatoms. The predicted octanol–water partition coefficient (Wildman–Crippen LogP) is 2.45. The highest BCUT2D eigenvalue weighted by Gasteiger charge is 2.42. The molecule has 0 saturated heterocycles. The van der Waals surface area contributed by atoms with Crippen LogP contribution in [0.3, 0.4) is 0 Å². The van der Waals surface area contributed by atoms with Gasteiger partial charge in [0.05, 0.1) is 11.6 Å². The van der Waals surface area contributed by atoms with Crippen LogP contribution in [-0.2, 0) is 0 Å². The van der Waals surface area contributed by atoms with E-state index in [2.05, 4.69) is 27.9 Å². The fourth-order valence-electron chi connectivity index (χ4n) is 1.57. The van der Waals surface area contributed by atoms with Crippen LogP contribution in [0, 0.1) is 8.99 Å². The first-order chi connectivity index (χ1) is 8.06. The van der Waals surface area contributed by atoms with Crippen molar-refractivity contribution >= 4 is 40.1 Å². The molecule has 0 radical (unpaired) electrons. The van der Waals surface area contributed by atoms with Crippen LogP contribution in [0.2, 0.25) is 5.02 Å². The third-order valence-electron chi connectivity index (χ3n) is 3.10. The van der Waals surface area contributed by atoms with E-state index in [4.69, 9.17) is 16.7 Å². The van der Waals surface area contributed by atoms with E-state index in [9.17, 15) is 4.79 Å². The Bertz CT molecular complexity index is 446. The van der Waals surface area contributed by atoms with Crippen LogP contribution >= 0.6 is 34.2 Å². The van der Waals surface area contributed by atoms with Crippen LogP contribution in [0.1, 0.15) is 23.2 Å². The van der Waals surface area contributed by atoms with E-state index < -0.39 is 0 Å². The Morgan fingerprint density at radius 1 is 1.53 bits per heavy atom. The second-order valence-electron chi connectivity index (χ2n) is 4.47. The van der Waals surface area contributed by atoms with Crippen LogP contribution in [0.5, 0.6) is 0 Å². The number of amides is 1. The van der Waals surface area contributed by atoms with E-state index in [1.54, 1.807) is 12.1 Å². The number of carbonyl (C=O) groups excluding carboxylic acids is 1. The molecule has 0 aromatic heterocycles. The molecule has 0 atom stereocenters. The molecule has 0 bridgehead atoms. The monoisotopic (exact) mass is 365 g/mol. The molecule has 0 spiro atoms. The number of hydrogen-bond donors (Lipinski definition) is 2. The van der Waals surface area contributed by atoms with Crippen LogP contribution < -0.4 is 5.32 Å². The molecule has 3 nitrogen and oxygen atoms in total. The second-order valence-corrected chi connectivity index (χ2v) is 6.04. The third kappa shape index (κ3) is 3.11. The van der Waals surface area contributed by atoms with Crippen molar-refractivity contribution in [2.24, 2.45) is 5.41 Å². The lowest BCUT2D eigenvalue weighted by atomic mass is 10.1. The summed E-state index contributed by atoms with van der Waals surface area (Å²) < 4.78 is 0.926. The first-order valence-electron chi connectivity index (χ1n) is 5.40. The van der Waals surface area contributed by atoms with Crippen molar-refractivity contribution < 1.29 is 9.90 Å². The summed E-state index contributed by atoms with van der Waals surface area (Å²) in [5.41, 5.74) is 0.493. The maximum Gasteiger partial charge on any atom is 0.251 e. The molecular weight excluding hydrogens is 352 g/mol. The quantitative estimate of drug-likeness (QED) is 0.805. The Morgan fingerprint density at radius 3 is 2.76 bits per heavy atom. The number of hydrogen-bond acceptors (Lipinski definition) is 2. The molecule has 0 aliphatic heterocycles. The number of halogens is 2. The molecule has 0 unspecified atom stereocenters. The Labute approximate surface area is 119 Å². The summed E-state index contributed by atoms with van der Waals surface area (Å²) in [6.07, 6.45) is 1.97. The summed E-state index contributed by atoms with van der Waals surface area (Å²) in [4.78, 5) is 11.8. The van der Waals surface area contributed by atoms with E-state index in [0.717, 1.165) is 16.4 Å². The zero-order valence-corrected chi connectivity index (χ0v) is 12.1. The van der Waals surface area contributed by atoms with Gasteiger partial charge in [0, 0.05) is 21.1 Å². The maximum atomic E-state index is 11.8. The summed E-state index contributed by atoms with van der Waals surface area (Å²) in [5.74, 6) is -0.136. The molecule has 17 heavy (non-hydrogen) atoms. The fraction of sp³-hybridized carbons (Fsp3) is 0.417. The van der Waals surface area contributed by atoms with Crippen LogP contribution in [0.15, 0.2) is 18.2 Å². The van der Waals surface area contributed by atoms with Gasteiger partial charge < -0.3 is 10.4 Å². The topological polar surface area (TPSA) is 49.3 Å². The minimum atomic E-state index is -0.136. The van der Waals surface area contributed by atoms with Gasteiger partial charge >= 0.3 is 0 Å². The highest BCUT2D eigenvalue weighted by molar-refractivity contribution is 14.1. The number of aliphatic hydroxyl groups is 1. The predicted molar refractivity (Wildman–Crippen MR) is 75.3 cm³/mol. The Morgan fingerprint density at radius 2 is 2.24 bits per heavy atom. The van der Waals surface area contributed by atoms with Crippen molar-refractivity contribution in [3.63, 3.8) is 0 Å². The molecule has 1 fully saturated rings. The van der Waals surface area contributed by atoms with Gasteiger partial charge in [0.25, 0.3) is 5.91 Å². The van der Waals surface area contributed by atoms with E-state index in [1.165, 1.54) is 0 Å². The summed E-state index contributed by atoms with van der Waals surface area (Å²) in [6.45, 7) is 0.673. The van der Waals surface area contributed by atoms with Gasteiger partial charge in [-0.05, 0) is 53.6 Å². The SMILES string of the molecule is O=C(NCC1(CO)CC1)c1ccc(I)c(Cl)c1. The molecule has 1 aliphatic rings. The van der Waals surface area contributed by atoms with Crippen molar-refractivity contribution in [2.75, 3.05) is 13.2 Å². The molecule has 92 valence electrons. The van der Waals surface area contributed by atoms with Crippen molar-refractivity contribution in [2.45, 2.75) is 12.8 Å². The minimum Gasteiger partial charge on any atom is -0.396 e. The molecule has 1 amide bonds. The first-order valence-corrected chi connectivity index (χ1v) is 6.86. The van der Waals surface area contributed by atoms with Gasteiger partial charge in [-0.3, -0.25) is 4.79 Å². The maximum absolute atomic E-state index is 11.8. The average molecular weight is 366 g/mol. The zero-order chi connectivity index (χ0) is 12.5. The Kier molecular flexibility index (Phi) is 3.95. The van der Waals surface area contributed by atoms with Crippen molar-refractivity contribution in [1.82, 2.24) is 5.32 Å². The van der Waals surface area contributed by atoms with Crippen LogP contribution in [-0.4, -0.2) is 24.2 Å². The molecule has 2 rings (SSSR count). The number of benzene rings is 1. The summed E-state index contributed by atoms with van der Waals surface area (Å²) in [7, 11) is 0. The molecule has 0 heterocycles. The molecule has 1 saturated carbocycles. The largest absolute Gasteiger partial charge is 0.396 e. The fourth-order valence-corrected chi connectivity index (χ4v) is 2.09. The van der Waals surface area contributed by atoms with Crippen molar-refractivity contribution in [3.05, 3.63) is 32.4 Å². The van der Waals surface area contributed by atoms with Crippen molar-refractivity contribution in [3.8, 4) is 0 Å². The normalized spacial score (nSPS) is 16.6. The van der Waals surface area contributed by atoms with Gasteiger partial charge in [0.1, 0.15) is 0 Å². The Hall–Kier alpha value is -0.330. The number of rotatable bonds is 4. The summed E-state index contributed by atoms with van der Waals surface area (Å²) in [6, 6.07) is 5.23. The van der Waals surface area contributed by atoms with Gasteiger partial charge in [0.15, 0.2) is 0 Å². The molecule has 2 N–H and O–H groups in total. The van der Waals surface area contributed by atoms with E-state index >= 15 is 0 Å².